The largest absolute Gasteiger partial charge is 0.352 e. The van der Waals surface area contributed by atoms with Crippen LogP contribution in [0.1, 0.15) is 53.8 Å². The van der Waals surface area contributed by atoms with E-state index in [0.29, 0.717) is 13.1 Å². The molecule has 0 aliphatic carbocycles. The number of rotatable bonds is 9. The number of imidazole rings is 1. The first kappa shape index (κ1) is 22.1. The Hall–Kier alpha value is -3.15. The van der Waals surface area contributed by atoms with Crippen LogP contribution in [0, 0.1) is 6.92 Å². The molecule has 1 N–H and O–H groups in total. The second kappa shape index (κ2) is 10.4. The van der Waals surface area contributed by atoms with E-state index in [1.165, 1.54) is 0 Å². The average Bonchev–Trinajstić information content (AvgIpc) is 3.45. The van der Waals surface area contributed by atoms with Gasteiger partial charge in [-0.05, 0) is 56.4 Å². The number of likely N-dealkylation sites (tertiary alicyclic amines) is 1. The molecule has 0 spiro atoms. The molecule has 2 amide bonds. The smallest absolute Gasteiger partial charge is 0.251 e. The average molecular weight is 433 g/mol. The van der Waals surface area contributed by atoms with E-state index in [-0.39, 0.29) is 11.8 Å². The molecular formula is C26H32N4O2. The highest BCUT2D eigenvalue weighted by Crippen LogP contribution is 2.19. The number of para-hydroxylation sites is 2. The molecule has 168 valence electrons. The quantitative estimate of drug-likeness (QED) is 0.518. The Morgan fingerprint density at radius 1 is 0.969 bits per heavy atom. The predicted molar refractivity (Wildman–Crippen MR) is 127 cm³/mol. The molecule has 1 aromatic heterocycles. The number of amides is 2. The molecule has 0 unspecified atom stereocenters. The molecule has 1 fully saturated rings. The van der Waals surface area contributed by atoms with Crippen LogP contribution in [-0.2, 0) is 17.8 Å². The van der Waals surface area contributed by atoms with Crippen molar-refractivity contribution in [3.63, 3.8) is 0 Å². The number of hydrogen-bond donors (Lipinski definition) is 1. The molecule has 6 nitrogen and oxygen atoms in total. The van der Waals surface area contributed by atoms with Crippen LogP contribution in [-0.4, -0.2) is 45.9 Å². The molecule has 2 aromatic carbocycles. The summed E-state index contributed by atoms with van der Waals surface area (Å²) in [6.07, 6.45) is 5.92. The predicted octanol–water partition coefficient (Wildman–Crippen LogP) is 4.11. The number of aromatic nitrogens is 2. The lowest BCUT2D eigenvalue weighted by molar-refractivity contribution is -0.130. The maximum atomic E-state index is 12.8. The number of aryl methyl sites for hydroxylation is 2. The van der Waals surface area contributed by atoms with Crippen molar-refractivity contribution in [3.05, 3.63) is 65.5 Å². The summed E-state index contributed by atoms with van der Waals surface area (Å²) in [6.45, 7) is 4.72. The molecule has 0 radical (unpaired) electrons. The van der Waals surface area contributed by atoms with Gasteiger partial charge in [0.15, 0.2) is 0 Å². The number of carbonyl (C=O) groups is 2. The van der Waals surface area contributed by atoms with Gasteiger partial charge in [0, 0.05) is 31.6 Å². The van der Waals surface area contributed by atoms with Crippen molar-refractivity contribution in [2.75, 3.05) is 19.6 Å². The minimum Gasteiger partial charge on any atom is -0.352 e. The number of nitrogens with zero attached hydrogens (tertiary/aromatic N) is 3. The fraction of sp³-hybridized carbons (Fsp3) is 0.423. The Balaban J connectivity index is 1.29. The zero-order valence-corrected chi connectivity index (χ0v) is 18.8. The summed E-state index contributed by atoms with van der Waals surface area (Å²) in [5.74, 6) is 1.15. The molecule has 0 saturated carbocycles. The molecule has 1 aliphatic rings. The number of nitrogens with one attached hydrogen (secondary N) is 1. The van der Waals surface area contributed by atoms with E-state index in [2.05, 4.69) is 9.88 Å². The maximum absolute atomic E-state index is 12.8. The number of benzene rings is 2. The fourth-order valence-corrected chi connectivity index (χ4v) is 4.40. The molecule has 0 bridgehead atoms. The second-order valence-electron chi connectivity index (χ2n) is 8.57. The highest BCUT2D eigenvalue weighted by atomic mass is 16.2. The number of fused-ring (bicyclic) bond motifs is 1. The van der Waals surface area contributed by atoms with Crippen molar-refractivity contribution in [1.82, 2.24) is 19.8 Å². The third kappa shape index (κ3) is 5.18. The van der Waals surface area contributed by atoms with Gasteiger partial charge in [0.2, 0.25) is 5.91 Å². The van der Waals surface area contributed by atoms with Crippen LogP contribution in [0.2, 0.25) is 0 Å². The molecule has 1 aliphatic heterocycles. The van der Waals surface area contributed by atoms with E-state index in [4.69, 9.17) is 4.98 Å². The lowest BCUT2D eigenvalue weighted by atomic mass is 10.1. The van der Waals surface area contributed by atoms with Gasteiger partial charge >= 0.3 is 0 Å². The van der Waals surface area contributed by atoms with Gasteiger partial charge in [-0.25, -0.2) is 4.98 Å². The van der Waals surface area contributed by atoms with Crippen LogP contribution in [0.3, 0.4) is 0 Å². The summed E-state index contributed by atoms with van der Waals surface area (Å²) in [6, 6.07) is 15.7. The molecule has 4 rings (SSSR count). The minimum absolute atomic E-state index is 0.00897. The first-order valence-electron chi connectivity index (χ1n) is 11.7. The van der Waals surface area contributed by atoms with Crippen molar-refractivity contribution >= 4 is 22.8 Å². The Morgan fingerprint density at radius 2 is 1.72 bits per heavy atom. The first-order chi connectivity index (χ1) is 15.6. The first-order valence-corrected chi connectivity index (χ1v) is 11.7. The van der Waals surface area contributed by atoms with Crippen molar-refractivity contribution in [2.24, 2.45) is 0 Å². The topological polar surface area (TPSA) is 67.2 Å². The summed E-state index contributed by atoms with van der Waals surface area (Å²) in [5.41, 5.74) is 3.71. The van der Waals surface area contributed by atoms with Gasteiger partial charge < -0.3 is 14.8 Å². The second-order valence-corrected chi connectivity index (χ2v) is 8.57. The van der Waals surface area contributed by atoms with Crippen LogP contribution in [0.4, 0.5) is 0 Å². The van der Waals surface area contributed by atoms with Crippen molar-refractivity contribution in [1.29, 1.82) is 0 Å². The summed E-state index contributed by atoms with van der Waals surface area (Å²) in [7, 11) is 0. The van der Waals surface area contributed by atoms with Crippen molar-refractivity contribution in [3.8, 4) is 0 Å². The summed E-state index contributed by atoms with van der Waals surface area (Å²) >= 11 is 0. The van der Waals surface area contributed by atoms with Gasteiger partial charge in [-0.3, -0.25) is 9.59 Å². The van der Waals surface area contributed by atoms with E-state index in [1.807, 2.05) is 60.4 Å². The van der Waals surface area contributed by atoms with Gasteiger partial charge in [-0.2, -0.15) is 0 Å². The minimum atomic E-state index is -0.00897. The van der Waals surface area contributed by atoms with Gasteiger partial charge in [-0.15, -0.1) is 0 Å². The van der Waals surface area contributed by atoms with Crippen LogP contribution >= 0.6 is 0 Å². The highest BCUT2D eigenvalue weighted by molar-refractivity contribution is 5.95. The molecule has 6 heteroatoms. The lowest BCUT2D eigenvalue weighted by Crippen LogP contribution is -2.31. The van der Waals surface area contributed by atoms with Crippen molar-refractivity contribution in [2.45, 2.75) is 52.0 Å². The van der Waals surface area contributed by atoms with Gasteiger partial charge in [0.1, 0.15) is 12.4 Å². The van der Waals surface area contributed by atoms with E-state index >= 15 is 0 Å². The molecular weight excluding hydrogens is 400 g/mol. The van der Waals surface area contributed by atoms with Gasteiger partial charge in [0.05, 0.1) is 11.0 Å². The van der Waals surface area contributed by atoms with E-state index < -0.39 is 0 Å². The Bertz CT molecular complexity index is 1080. The number of hydrogen-bond acceptors (Lipinski definition) is 3. The summed E-state index contributed by atoms with van der Waals surface area (Å²) in [5, 5.41) is 3.02. The lowest BCUT2D eigenvalue weighted by Gasteiger charge is -2.17. The molecule has 1 saturated heterocycles. The van der Waals surface area contributed by atoms with E-state index in [0.717, 1.165) is 79.6 Å². The van der Waals surface area contributed by atoms with Crippen LogP contribution < -0.4 is 5.32 Å². The maximum Gasteiger partial charge on any atom is 0.251 e. The fourth-order valence-electron chi connectivity index (χ4n) is 4.40. The third-order valence-corrected chi connectivity index (χ3v) is 6.24. The Morgan fingerprint density at radius 3 is 2.53 bits per heavy atom. The molecule has 0 atom stereocenters. The highest BCUT2D eigenvalue weighted by Gasteiger charge is 2.20. The molecule has 2 heterocycles. The molecule has 32 heavy (non-hydrogen) atoms. The summed E-state index contributed by atoms with van der Waals surface area (Å²) < 4.78 is 2.09. The van der Waals surface area contributed by atoms with Crippen LogP contribution in [0.5, 0.6) is 0 Å². The zero-order chi connectivity index (χ0) is 22.3. The van der Waals surface area contributed by atoms with Gasteiger partial charge in [0.25, 0.3) is 5.91 Å². The van der Waals surface area contributed by atoms with Crippen molar-refractivity contribution < 1.29 is 9.59 Å². The number of carbonyl (C=O) groups excluding carboxylic acids is 2. The van der Waals surface area contributed by atoms with Crippen LogP contribution in [0.25, 0.3) is 11.0 Å². The van der Waals surface area contributed by atoms with E-state index in [1.54, 1.807) is 0 Å². The monoisotopic (exact) mass is 432 g/mol. The van der Waals surface area contributed by atoms with Crippen LogP contribution in [0.15, 0.2) is 48.5 Å². The Labute approximate surface area is 189 Å². The zero-order valence-electron chi connectivity index (χ0n) is 18.8. The van der Waals surface area contributed by atoms with Gasteiger partial charge in [-0.1, -0.05) is 36.8 Å². The van der Waals surface area contributed by atoms with E-state index in [9.17, 15) is 9.59 Å². The normalized spacial score (nSPS) is 13.6. The molecule has 3 aromatic rings. The Kier molecular flexibility index (Phi) is 7.20. The standard InChI is InChI=1S/C26H32N4O2/c1-20-11-4-5-12-21(20)26(32)27-16-8-2-3-15-24-28-22-13-6-7-14-23(22)30(24)19-25(31)29-17-9-10-18-29/h4-7,11-14H,2-3,8-10,15-19H2,1H3,(H,27,32). The third-order valence-electron chi connectivity index (χ3n) is 6.24. The summed E-state index contributed by atoms with van der Waals surface area (Å²) in [4.78, 5) is 31.9. The SMILES string of the molecule is Cc1ccccc1C(=O)NCCCCCc1nc2ccccc2n1CC(=O)N1CCCC1. The number of unbranched alkanes of at least 4 members (excludes halogenated alkanes) is 2.